The van der Waals surface area contributed by atoms with E-state index in [1.54, 1.807) is 6.07 Å². The van der Waals surface area contributed by atoms with E-state index in [9.17, 15) is 9.59 Å². The van der Waals surface area contributed by atoms with E-state index in [1.165, 1.54) is 6.08 Å². The summed E-state index contributed by atoms with van der Waals surface area (Å²) in [5, 5.41) is 5.10. The minimum atomic E-state index is -0.683. The van der Waals surface area contributed by atoms with Gasteiger partial charge in [0, 0.05) is 19.6 Å². The first-order valence-electron chi connectivity index (χ1n) is 6.84. The van der Waals surface area contributed by atoms with Crippen molar-refractivity contribution in [2.75, 3.05) is 43.1 Å². The van der Waals surface area contributed by atoms with Crippen LogP contribution in [0.1, 0.15) is 0 Å². The van der Waals surface area contributed by atoms with Gasteiger partial charge in [-0.1, -0.05) is 18.2 Å². The number of carbonyl (C=O) groups excluding carboxylic acids is 2. The molecule has 1 aromatic rings. The number of nitrogens with zero attached hydrogens (tertiary/aromatic N) is 1. The van der Waals surface area contributed by atoms with Crippen LogP contribution in [0.4, 0.5) is 11.4 Å². The molecule has 2 amide bonds. The topological polar surface area (TPSA) is 70.7 Å². The molecule has 0 radical (unpaired) electrons. The normalized spacial score (nSPS) is 14.4. The van der Waals surface area contributed by atoms with Gasteiger partial charge in [-0.3, -0.25) is 9.59 Å². The highest BCUT2D eigenvalue weighted by Gasteiger charge is 2.18. The van der Waals surface area contributed by atoms with Crippen LogP contribution >= 0.6 is 0 Å². The van der Waals surface area contributed by atoms with E-state index in [0.717, 1.165) is 18.8 Å². The number of para-hydroxylation sites is 2. The third-order valence-electron chi connectivity index (χ3n) is 3.12. The van der Waals surface area contributed by atoms with Gasteiger partial charge in [-0.2, -0.15) is 0 Å². The predicted octanol–water partition coefficient (Wildman–Crippen LogP) is 0.764. The summed E-state index contributed by atoms with van der Waals surface area (Å²) in [6.45, 7) is 6.58. The third kappa shape index (κ3) is 4.06. The number of morpholine rings is 1. The lowest BCUT2D eigenvalue weighted by molar-refractivity contribution is -0.136. The van der Waals surface area contributed by atoms with Gasteiger partial charge in [0.1, 0.15) is 0 Å². The fraction of sp³-hybridized carbons (Fsp3) is 0.333. The maximum absolute atomic E-state index is 11.9. The molecule has 112 valence electrons. The average molecular weight is 289 g/mol. The number of carbonyl (C=O) groups is 2. The lowest BCUT2D eigenvalue weighted by Crippen LogP contribution is -2.38. The highest BCUT2D eigenvalue weighted by molar-refractivity contribution is 6.40. The van der Waals surface area contributed by atoms with Gasteiger partial charge in [-0.05, 0) is 12.1 Å². The number of ether oxygens (including phenoxy) is 1. The molecule has 0 saturated carbocycles. The van der Waals surface area contributed by atoms with E-state index < -0.39 is 11.8 Å². The van der Waals surface area contributed by atoms with Crippen LogP contribution in [0.3, 0.4) is 0 Å². The standard InChI is InChI=1S/C15H19N3O3/c1-2-7-16-14(19)15(20)17-12-5-3-4-6-13(12)18-8-10-21-11-9-18/h2-6H,1,7-11H2,(H,16,19)(H,17,20). The first-order chi connectivity index (χ1) is 10.2. The summed E-state index contributed by atoms with van der Waals surface area (Å²) in [5.74, 6) is -1.36. The number of anilines is 2. The van der Waals surface area contributed by atoms with Crippen molar-refractivity contribution < 1.29 is 14.3 Å². The van der Waals surface area contributed by atoms with Crippen LogP contribution in [-0.2, 0) is 14.3 Å². The van der Waals surface area contributed by atoms with E-state index in [4.69, 9.17) is 4.74 Å². The van der Waals surface area contributed by atoms with Crippen LogP contribution in [-0.4, -0.2) is 44.7 Å². The monoisotopic (exact) mass is 289 g/mol. The van der Waals surface area contributed by atoms with Gasteiger partial charge in [0.25, 0.3) is 0 Å². The number of rotatable bonds is 4. The molecule has 6 heteroatoms. The van der Waals surface area contributed by atoms with Crippen molar-refractivity contribution in [3.8, 4) is 0 Å². The van der Waals surface area contributed by atoms with Crippen LogP contribution in [0.5, 0.6) is 0 Å². The SMILES string of the molecule is C=CCNC(=O)C(=O)Nc1ccccc1N1CCOCC1. The van der Waals surface area contributed by atoms with Gasteiger partial charge in [-0.25, -0.2) is 0 Å². The molecule has 21 heavy (non-hydrogen) atoms. The van der Waals surface area contributed by atoms with Gasteiger partial charge >= 0.3 is 11.8 Å². The average Bonchev–Trinajstić information content (AvgIpc) is 2.54. The Morgan fingerprint density at radius 3 is 2.67 bits per heavy atom. The van der Waals surface area contributed by atoms with E-state index in [-0.39, 0.29) is 6.54 Å². The molecule has 1 aromatic carbocycles. The second-order valence-electron chi connectivity index (χ2n) is 4.57. The van der Waals surface area contributed by atoms with Crippen LogP contribution in [0.25, 0.3) is 0 Å². The first-order valence-corrected chi connectivity index (χ1v) is 6.84. The van der Waals surface area contributed by atoms with Crippen molar-refractivity contribution >= 4 is 23.2 Å². The predicted molar refractivity (Wildman–Crippen MR) is 81.3 cm³/mol. The Bertz CT molecular complexity index is 525. The molecule has 1 aliphatic heterocycles. The number of hydrogen-bond acceptors (Lipinski definition) is 4. The highest BCUT2D eigenvalue weighted by Crippen LogP contribution is 2.26. The number of nitrogens with one attached hydrogen (secondary N) is 2. The van der Waals surface area contributed by atoms with Crippen LogP contribution in [0.15, 0.2) is 36.9 Å². The zero-order valence-corrected chi connectivity index (χ0v) is 11.8. The second-order valence-corrected chi connectivity index (χ2v) is 4.57. The maximum atomic E-state index is 11.9. The lowest BCUT2D eigenvalue weighted by Gasteiger charge is -2.30. The molecule has 1 aliphatic rings. The molecule has 1 fully saturated rings. The summed E-state index contributed by atoms with van der Waals surface area (Å²) < 4.78 is 5.32. The zero-order valence-electron chi connectivity index (χ0n) is 11.8. The fourth-order valence-corrected chi connectivity index (χ4v) is 2.08. The Labute approximate surface area is 123 Å². The number of hydrogen-bond donors (Lipinski definition) is 2. The van der Waals surface area contributed by atoms with E-state index in [2.05, 4.69) is 22.1 Å². The van der Waals surface area contributed by atoms with Gasteiger partial charge in [0.05, 0.1) is 24.6 Å². The lowest BCUT2D eigenvalue weighted by atomic mass is 10.2. The number of benzene rings is 1. The highest BCUT2D eigenvalue weighted by atomic mass is 16.5. The molecule has 0 aliphatic carbocycles. The van der Waals surface area contributed by atoms with Crippen molar-refractivity contribution in [2.45, 2.75) is 0 Å². The summed E-state index contributed by atoms with van der Waals surface area (Å²) in [7, 11) is 0. The summed E-state index contributed by atoms with van der Waals surface area (Å²) in [6.07, 6.45) is 1.52. The Balaban J connectivity index is 2.07. The van der Waals surface area contributed by atoms with Gasteiger partial charge < -0.3 is 20.3 Å². The summed E-state index contributed by atoms with van der Waals surface area (Å²) in [4.78, 5) is 25.6. The minimum absolute atomic E-state index is 0.261. The van der Waals surface area contributed by atoms with Crippen LogP contribution < -0.4 is 15.5 Å². The van der Waals surface area contributed by atoms with Crippen LogP contribution in [0.2, 0.25) is 0 Å². The molecule has 2 rings (SSSR count). The van der Waals surface area contributed by atoms with E-state index in [0.29, 0.717) is 18.9 Å². The minimum Gasteiger partial charge on any atom is -0.378 e. The summed E-state index contributed by atoms with van der Waals surface area (Å²) in [5.41, 5.74) is 1.52. The molecule has 1 saturated heterocycles. The molecular formula is C15H19N3O3. The third-order valence-corrected chi connectivity index (χ3v) is 3.12. The van der Waals surface area contributed by atoms with Crippen molar-refractivity contribution in [3.05, 3.63) is 36.9 Å². The Hall–Kier alpha value is -2.34. The largest absolute Gasteiger partial charge is 0.378 e. The molecule has 0 atom stereocenters. The molecule has 1 heterocycles. The van der Waals surface area contributed by atoms with E-state index in [1.807, 2.05) is 18.2 Å². The van der Waals surface area contributed by atoms with Crippen molar-refractivity contribution in [1.29, 1.82) is 0 Å². The molecule has 0 bridgehead atoms. The Morgan fingerprint density at radius 1 is 1.24 bits per heavy atom. The Kier molecular flexibility index (Phi) is 5.34. The van der Waals surface area contributed by atoms with Gasteiger partial charge in [0.2, 0.25) is 0 Å². The quantitative estimate of drug-likeness (QED) is 0.634. The van der Waals surface area contributed by atoms with Crippen LogP contribution in [0, 0.1) is 0 Å². The molecule has 0 aromatic heterocycles. The molecular weight excluding hydrogens is 270 g/mol. The van der Waals surface area contributed by atoms with Gasteiger partial charge in [0.15, 0.2) is 0 Å². The van der Waals surface area contributed by atoms with Crippen molar-refractivity contribution in [2.24, 2.45) is 0 Å². The maximum Gasteiger partial charge on any atom is 0.313 e. The smallest absolute Gasteiger partial charge is 0.313 e. The van der Waals surface area contributed by atoms with E-state index >= 15 is 0 Å². The molecule has 0 spiro atoms. The summed E-state index contributed by atoms with van der Waals surface area (Å²) >= 11 is 0. The van der Waals surface area contributed by atoms with Crippen molar-refractivity contribution in [1.82, 2.24) is 5.32 Å². The molecule has 6 nitrogen and oxygen atoms in total. The first kappa shape index (κ1) is 15.1. The number of amides is 2. The molecule has 0 unspecified atom stereocenters. The zero-order chi connectivity index (χ0) is 15.1. The summed E-state index contributed by atoms with van der Waals surface area (Å²) in [6, 6.07) is 7.42. The Morgan fingerprint density at radius 2 is 1.95 bits per heavy atom. The second kappa shape index (κ2) is 7.44. The van der Waals surface area contributed by atoms with Gasteiger partial charge in [-0.15, -0.1) is 6.58 Å². The molecule has 2 N–H and O–H groups in total. The van der Waals surface area contributed by atoms with Crippen molar-refractivity contribution in [3.63, 3.8) is 0 Å². The fourth-order valence-electron chi connectivity index (χ4n) is 2.08.